The van der Waals surface area contributed by atoms with Crippen molar-refractivity contribution in [1.82, 2.24) is 10.6 Å². The molecule has 2 aromatic rings. The van der Waals surface area contributed by atoms with Crippen molar-refractivity contribution in [1.29, 1.82) is 0 Å². The number of rotatable bonds is 13. The first-order valence-corrected chi connectivity index (χ1v) is 10.2. The van der Waals surface area contributed by atoms with Crippen molar-refractivity contribution in [2.75, 3.05) is 32.8 Å². The van der Waals surface area contributed by atoms with Gasteiger partial charge in [-0.1, -0.05) is 30.3 Å². The topological polar surface area (TPSA) is 62.8 Å². The molecule has 2 rings (SSSR count). The van der Waals surface area contributed by atoms with E-state index in [4.69, 9.17) is 14.6 Å². The van der Waals surface area contributed by atoms with Gasteiger partial charge in [0.05, 0.1) is 17.7 Å². The zero-order chi connectivity index (χ0) is 19.3. The smallest absolute Gasteiger partial charge is 0.175 e. The molecule has 0 saturated carbocycles. The number of benzene rings is 2. The lowest BCUT2D eigenvalue weighted by atomic mass is 10.2. The van der Waals surface area contributed by atoms with E-state index in [1.807, 2.05) is 43.3 Å². The number of halogens is 1. The summed E-state index contributed by atoms with van der Waals surface area (Å²) in [4.78, 5) is 0. The second kappa shape index (κ2) is 12.7. The van der Waals surface area contributed by atoms with Gasteiger partial charge in [-0.25, -0.2) is 0 Å². The Morgan fingerprint density at radius 3 is 2.48 bits per heavy atom. The number of aliphatic hydroxyl groups excluding tert-OH is 1. The number of hydrogen-bond acceptors (Lipinski definition) is 5. The SMILES string of the molecule is CCOc1cc(CNCCCNCCO)cc(Br)c1OCc1ccccc1. The van der Waals surface area contributed by atoms with Gasteiger partial charge in [0.1, 0.15) is 6.61 Å². The number of hydrogen-bond donors (Lipinski definition) is 3. The third-order valence-electron chi connectivity index (χ3n) is 3.92. The molecule has 0 aliphatic carbocycles. The third-order valence-corrected chi connectivity index (χ3v) is 4.51. The average Bonchev–Trinajstić information content (AvgIpc) is 2.68. The van der Waals surface area contributed by atoms with E-state index in [1.54, 1.807) is 0 Å². The van der Waals surface area contributed by atoms with Crippen LogP contribution in [0.5, 0.6) is 11.5 Å². The fraction of sp³-hybridized carbons (Fsp3) is 0.429. The Morgan fingerprint density at radius 2 is 1.74 bits per heavy atom. The standard InChI is InChI=1S/C21H29BrN2O3/c1-2-26-20-14-18(15-24-10-6-9-23-11-12-25)13-19(22)21(20)27-16-17-7-4-3-5-8-17/h3-5,7-8,13-14,23-25H,2,6,9-12,15-16H2,1H3. The van der Waals surface area contributed by atoms with Gasteiger partial charge in [-0.15, -0.1) is 0 Å². The zero-order valence-electron chi connectivity index (χ0n) is 15.8. The van der Waals surface area contributed by atoms with Crippen LogP contribution in [-0.2, 0) is 13.2 Å². The normalized spacial score (nSPS) is 10.8. The summed E-state index contributed by atoms with van der Waals surface area (Å²) >= 11 is 3.63. The Morgan fingerprint density at radius 1 is 0.963 bits per heavy atom. The van der Waals surface area contributed by atoms with Crippen LogP contribution in [0.1, 0.15) is 24.5 Å². The van der Waals surface area contributed by atoms with Gasteiger partial charge in [-0.3, -0.25) is 0 Å². The summed E-state index contributed by atoms with van der Waals surface area (Å²) in [6.45, 7) is 6.45. The molecule has 0 atom stereocenters. The highest BCUT2D eigenvalue weighted by molar-refractivity contribution is 9.10. The number of ether oxygens (including phenoxy) is 2. The molecule has 0 amide bonds. The fourth-order valence-electron chi connectivity index (χ4n) is 2.63. The van der Waals surface area contributed by atoms with Gasteiger partial charge < -0.3 is 25.2 Å². The van der Waals surface area contributed by atoms with E-state index in [0.717, 1.165) is 53.2 Å². The van der Waals surface area contributed by atoms with Gasteiger partial charge in [0.25, 0.3) is 0 Å². The van der Waals surface area contributed by atoms with Crippen molar-refractivity contribution in [3.63, 3.8) is 0 Å². The predicted molar refractivity (Wildman–Crippen MR) is 112 cm³/mol. The van der Waals surface area contributed by atoms with E-state index in [1.165, 1.54) is 0 Å². The van der Waals surface area contributed by atoms with E-state index in [0.29, 0.717) is 19.8 Å². The van der Waals surface area contributed by atoms with Gasteiger partial charge in [-0.05, 0) is 65.6 Å². The van der Waals surface area contributed by atoms with Crippen molar-refractivity contribution in [3.05, 3.63) is 58.1 Å². The lowest BCUT2D eigenvalue weighted by Gasteiger charge is -2.16. The van der Waals surface area contributed by atoms with Crippen LogP contribution in [0, 0.1) is 0 Å². The quantitative estimate of drug-likeness (QED) is 0.419. The molecule has 27 heavy (non-hydrogen) atoms. The molecular weight excluding hydrogens is 408 g/mol. The molecule has 0 spiro atoms. The van der Waals surface area contributed by atoms with Gasteiger partial charge in [0.15, 0.2) is 11.5 Å². The van der Waals surface area contributed by atoms with Crippen molar-refractivity contribution in [2.45, 2.75) is 26.5 Å². The predicted octanol–water partition coefficient (Wildman–Crippen LogP) is 3.49. The molecule has 6 heteroatoms. The molecule has 0 heterocycles. The first kappa shape index (κ1) is 21.7. The Labute approximate surface area is 170 Å². The van der Waals surface area contributed by atoms with Crippen LogP contribution in [-0.4, -0.2) is 38.0 Å². The van der Waals surface area contributed by atoms with Gasteiger partial charge in [0.2, 0.25) is 0 Å². The summed E-state index contributed by atoms with van der Waals surface area (Å²) in [5, 5.41) is 15.3. The maximum Gasteiger partial charge on any atom is 0.175 e. The maximum absolute atomic E-state index is 8.73. The first-order chi connectivity index (χ1) is 13.2. The third kappa shape index (κ3) is 7.89. The van der Waals surface area contributed by atoms with E-state index in [9.17, 15) is 0 Å². The molecule has 2 aromatic carbocycles. The lowest BCUT2D eigenvalue weighted by Crippen LogP contribution is -2.23. The first-order valence-electron chi connectivity index (χ1n) is 9.38. The average molecular weight is 437 g/mol. The Bertz CT molecular complexity index is 668. The molecule has 3 N–H and O–H groups in total. The summed E-state index contributed by atoms with van der Waals surface area (Å²) in [6.07, 6.45) is 1.01. The van der Waals surface area contributed by atoms with Crippen molar-refractivity contribution in [2.24, 2.45) is 0 Å². The summed E-state index contributed by atoms with van der Waals surface area (Å²) < 4.78 is 12.7. The minimum atomic E-state index is 0.181. The van der Waals surface area contributed by atoms with E-state index in [-0.39, 0.29) is 6.61 Å². The highest BCUT2D eigenvalue weighted by Gasteiger charge is 2.12. The van der Waals surface area contributed by atoms with Crippen LogP contribution < -0.4 is 20.1 Å². The maximum atomic E-state index is 8.73. The molecule has 0 bridgehead atoms. The second-order valence-corrected chi connectivity index (χ2v) is 6.97. The van der Waals surface area contributed by atoms with Crippen LogP contribution in [0.25, 0.3) is 0 Å². The van der Waals surface area contributed by atoms with Crippen LogP contribution in [0.4, 0.5) is 0 Å². The molecule has 0 saturated heterocycles. The molecule has 0 aliphatic heterocycles. The van der Waals surface area contributed by atoms with E-state index >= 15 is 0 Å². The largest absolute Gasteiger partial charge is 0.490 e. The van der Waals surface area contributed by atoms with Gasteiger partial charge >= 0.3 is 0 Å². The Kier molecular flexibility index (Phi) is 10.2. The van der Waals surface area contributed by atoms with Crippen molar-refractivity contribution >= 4 is 15.9 Å². The summed E-state index contributed by atoms with van der Waals surface area (Å²) in [5.41, 5.74) is 2.26. The van der Waals surface area contributed by atoms with Crippen LogP contribution >= 0.6 is 15.9 Å². The minimum absolute atomic E-state index is 0.181. The van der Waals surface area contributed by atoms with Crippen LogP contribution in [0.2, 0.25) is 0 Å². The summed E-state index contributed by atoms with van der Waals surface area (Å²) in [5.74, 6) is 1.49. The van der Waals surface area contributed by atoms with Crippen LogP contribution in [0.15, 0.2) is 46.9 Å². The molecule has 0 fully saturated rings. The Balaban J connectivity index is 1.92. The zero-order valence-corrected chi connectivity index (χ0v) is 17.4. The molecule has 0 aliphatic rings. The fourth-order valence-corrected chi connectivity index (χ4v) is 3.24. The summed E-state index contributed by atoms with van der Waals surface area (Å²) in [6, 6.07) is 14.2. The van der Waals surface area contributed by atoms with E-state index in [2.05, 4.69) is 32.6 Å². The highest BCUT2D eigenvalue weighted by Crippen LogP contribution is 2.37. The molecule has 0 radical (unpaired) electrons. The van der Waals surface area contributed by atoms with E-state index < -0.39 is 0 Å². The monoisotopic (exact) mass is 436 g/mol. The summed E-state index contributed by atoms with van der Waals surface area (Å²) in [7, 11) is 0. The lowest BCUT2D eigenvalue weighted by molar-refractivity contribution is 0.267. The van der Waals surface area contributed by atoms with Crippen LogP contribution in [0.3, 0.4) is 0 Å². The molecule has 0 unspecified atom stereocenters. The molecule has 0 aromatic heterocycles. The number of nitrogens with one attached hydrogen (secondary N) is 2. The minimum Gasteiger partial charge on any atom is -0.490 e. The van der Waals surface area contributed by atoms with Gasteiger partial charge in [0, 0.05) is 13.1 Å². The molecule has 148 valence electrons. The van der Waals surface area contributed by atoms with Crippen molar-refractivity contribution in [3.8, 4) is 11.5 Å². The van der Waals surface area contributed by atoms with Gasteiger partial charge in [-0.2, -0.15) is 0 Å². The molecular formula is C21H29BrN2O3. The highest BCUT2D eigenvalue weighted by atomic mass is 79.9. The number of aliphatic hydroxyl groups is 1. The second-order valence-electron chi connectivity index (χ2n) is 6.12. The van der Waals surface area contributed by atoms with Crippen molar-refractivity contribution < 1.29 is 14.6 Å². The molecule has 5 nitrogen and oxygen atoms in total. The Hall–Kier alpha value is -1.60.